The molecule has 0 radical (unpaired) electrons. The van der Waals surface area contributed by atoms with E-state index in [4.69, 9.17) is 25.8 Å². The van der Waals surface area contributed by atoms with Crippen molar-refractivity contribution in [2.45, 2.75) is 6.18 Å². The summed E-state index contributed by atoms with van der Waals surface area (Å²) in [6.07, 6.45) is -5.68. The minimum atomic E-state index is -5.08. The number of alkyl halides is 3. The second kappa shape index (κ2) is 8.74. The maximum atomic E-state index is 11.5. The molecular formula is C16H16F3N3O5. The molecule has 8 nitrogen and oxygen atoms in total. The molecule has 0 aliphatic rings. The SMILES string of the molecule is COC(=O)Nc1c(OC)ccc2ccc(C(=N)N)cc12.O=C(O)C(F)(F)F. The van der Waals surface area contributed by atoms with Crippen molar-refractivity contribution in [3.05, 3.63) is 35.9 Å². The van der Waals surface area contributed by atoms with Crippen LogP contribution in [0, 0.1) is 5.41 Å². The van der Waals surface area contributed by atoms with Crippen molar-refractivity contribution >= 4 is 34.4 Å². The van der Waals surface area contributed by atoms with E-state index in [2.05, 4.69) is 10.1 Å². The summed E-state index contributed by atoms with van der Waals surface area (Å²) < 4.78 is 41.6. The van der Waals surface area contributed by atoms with Crippen LogP contribution in [0.15, 0.2) is 30.3 Å². The molecule has 2 aromatic rings. The number of carboxylic acids is 1. The van der Waals surface area contributed by atoms with Crippen LogP contribution in [0.2, 0.25) is 0 Å². The molecule has 1 amide bonds. The van der Waals surface area contributed by atoms with E-state index in [0.717, 1.165) is 10.8 Å². The Balaban J connectivity index is 0.000000445. The van der Waals surface area contributed by atoms with Crippen molar-refractivity contribution in [3.8, 4) is 5.75 Å². The molecule has 2 aromatic carbocycles. The molecule has 0 saturated heterocycles. The standard InChI is InChI=1S/C14H15N3O3.C2HF3O2/c1-19-11-6-5-8-3-4-9(13(15)16)7-10(8)12(11)17-14(18)20-2;3-2(4,5)1(6)7/h3-7H,1-2H3,(H3,15,16)(H,17,18);(H,6,7). The summed E-state index contributed by atoms with van der Waals surface area (Å²) in [5.74, 6) is -2.30. The summed E-state index contributed by atoms with van der Waals surface area (Å²) in [6.45, 7) is 0. The van der Waals surface area contributed by atoms with Crippen molar-refractivity contribution in [2.24, 2.45) is 5.73 Å². The monoisotopic (exact) mass is 387 g/mol. The highest BCUT2D eigenvalue weighted by Gasteiger charge is 2.38. The number of carboxylic acid groups (broad SMARTS) is 1. The van der Waals surface area contributed by atoms with Gasteiger partial charge in [-0.25, -0.2) is 9.59 Å². The van der Waals surface area contributed by atoms with Crippen LogP contribution in [-0.2, 0) is 9.53 Å². The Kier molecular flexibility index (Phi) is 6.97. The fourth-order valence-corrected chi connectivity index (χ4v) is 1.92. The van der Waals surface area contributed by atoms with E-state index < -0.39 is 18.2 Å². The van der Waals surface area contributed by atoms with E-state index in [9.17, 15) is 18.0 Å². The molecule has 2 rings (SSSR count). The minimum Gasteiger partial charge on any atom is -0.495 e. The molecule has 0 bridgehead atoms. The number of nitrogen functional groups attached to an aromatic ring is 1. The Morgan fingerprint density at radius 1 is 1.19 bits per heavy atom. The number of hydrogen-bond acceptors (Lipinski definition) is 5. The molecule has 0 aromatic heterocycles. The minimum absolute atomic E-state index is 0.0428. The van der Waals surface area contributed by atoms with Gasteiger partial charge in [-0.3, -0.25) is 10.7 Å². The average molecular weight is 387 g/mol. The molecule has 0 unspecified atom stereocenters. The quantitative estimate of drug-likeness (QED) is 0.472. The smallest absolute Gasteiger partial charge is 0.490 e. The second-order valence-electron chi connectivity index (χ2n) is 4.91. The van der Waals surface area contributed by atoms with Crippen molar-refractivity contribution in [3.63, 3.8) is 0 Å². The molecule has 0 aliphatic heterocycles. The van der Waals surface area contributed by atoms with Gasteiger partial charge < -0.3 is 20.3 Å². The maximum Gasteiger partial charge on any atom is 0.490 e. The first-order valence-corrected chi connectivity index (χ1v) is 7.11. The Hall–Kier alpha value is -3.50. The first kappa shape index (κ1) is 21.5. The van der Waals surface area contributed by atoms with Gasteiger partial charge in [-0.15, -0.1) is 0 Å². The van der Waals surface area contributed by atoms with Crippen LogP contribution in [0.25, 0.3) is 10.8 Å². The third kappa shape index (κ3) is 5.76. The number of amides is 1. The van der Waals surface area contributed by atoms with Crippen LogP contribution in [0.3, 0.4) is 0 Å². The van der Waals surface area contributed by atoms with Gasteiger partial charge in [0.2, 0.25) is 0 Å². The molecule has 0 aliphatic carbocycles. The van der Waals surface area contributed by atoms with Crippen LogP contribution in [-0.4, -0.2) is 43.4 Å². The van der Waals surface area contributed by atoms with Crippen molar-refractivity contribution < 1.29 is 37.3 Å². The largest absolute Gasteiger partial charge is 0.495 e. The van der Waals surface area contributed by atoms with Gasteiger partial charge >= 0.3 is 18.2 Å². The molecule has 146 valence electrons. The molecule has 11 heteroatoms. The third-order valence-electron chi connectivity index (χ3n) is 3.17. The Morgan fingerprint density at radius 3 is 2.19 bits per heavy atom. The third-order valence-corrected chi connectivity index (χ3v) is 3.17. The number of methoxy groups -OCH3 is 2. The van der Waals surface area contributed by atoms with Crippen LogP contribution in [0.4, 0.5) is 23.7 Å². The van der Waals surface area contributed by atoms with Gasteiger partial charge in [0.15, 0.2) is 0 Å². The lowest BCUT2D eigenvalue weighted by molar-refractivity contribution is -0.192. The van der Waals surface area contributed by atoms with E-state index in [1.54, 1.807) is 18.2 Å². The summed E-state index contributed by atoms with van der Waals surface area (Å²) in [4.78, 5) is 20.4. The molecular weight excluding hydrogens is 371 g/mol. The number of nitrogens with two attached hydrogens (primary N) is 1. The molecule has 27 heavy (non-hydrogen) atoms. The number of aliphatic carboxylic acids is 1. The number of carbonyl (C=O) groups excluding carboxylic acids is 1. The maximum absolute atomic E-state index is 11.5. The molecule has 0 heterocycles. The van der Waals surface area contributed by atoms with Crippen LogP contribution in [0.5, 0.6) is 5.75 Å². The average Bonchev–Trinajstić information content (AvgIpc) is 2.61. The lowest BCUT2D eigenvalue weighted by atomic mass is 10.0. The van der Waals surface area contributed by atoms with Gasteiger partial charge in [0, 0.05) is 10.9 Å². The van der Waals surface area contributed by atoms with Gasteiger partial charge in [0.1, 0.15) is 11.6 Å². The molecule has 0 saturated carbocycles. The van der Waals surface area contributed by atoms with Gasteiger partial charge in [-0.2, -0.15) is 13.2 Å². The Labute approximate surface area is 151 Å². The molecule has 0 fully saturated rings. The highest BCUT2D eigenvalue weighted by molar-refractivity contribution is 6.06. The van der Waals surface area contributed by atoms with Gasteiger partial charge in [0.05, 0.1) is 19.9 Å². The summed E-state index contributed by atoms with van der Waals surface area (Å²) in [6, 6.07) is 8.92. The number of carbonyl (C=O) groups is 2. The second-order valence-corrected chi connectivity index (χ2v) is 4.91. The number of ether oxygens (including phenoxy) is 2. The lowest BCUT2D eigenvalue weighted by Crippen LogP contribution is -2.21. The highest BCUT2D eigenvalue weighted by Crippen LogP contribution is 2.34. The van der Waals surface area contributed by atoms with Gasteiger partial charge in [-0.1, -0.05) is 18.2 Å². The zero-order chi connectivity index (χ0) is 20.8. The number of rotatable bonds is 3. The van der Waals surface area contributed by atoms with Crippen molar-refractivity contribution in [1.29, 1.82) is 5.41 Å². The number of hydrogen-bond donors (Lipinski definition) is 4. The molecule has 0 atom stereocenters. The predicted molar refractivity (Wildman–Crippen MR) is 91.2 cm³/mol. The van der Waals surface area contributed by atoms with Crippen LogP contribution in [0.1, 0.15) is 5.56 Å². The Morgan fingerprint density at radius 2 is 1.74 bits per heavy atom. The fraction of sp³-hybridized carbons (Fsp3) is 0.188. The fourth-order valence-electron chi connectivity index (χ4n) is 1.92. The first-order valence-electron chi connectivity index (χ1n) is 7.11. The van der Waals surface area contributed by atoms with E-state index in [0.29, 0.717) is 17.0 Å². The van der Waals surface area contributed by atoms with E-state index >= 15 is 0 Å². The number of benzene rings is 2. The summed E-state index contributed by atoms with van der Waals surface area (Å²) in [7, 11) is 2.80. The highest BCUT2D eigenvalue weighted by atomic mass is 19.4. The summed E-state index contributed by atoms with van der Waals surface area (Å²) in [5, 5.41) is 18.9. The first-order chi connectivity index (χ1) is 12.5. The zero-order valence-corrected chi connectivity index (χ0v) is 14.2. The van der Waals surface area contributed by atoms with Gasteiger partial charge in [0.25, 0.3) is 0 Å². The van der Waals surface area contributed by atoms with Crippen LogP contribution < -0.4 is 15.8 Å². The number of halogens is 3. The summed E-state index contributed by atoms with van der Waals surface area (Å²) >= 11 is 0. The van der Waals surface area contributed by atoms with Crippen molar-refractivity contribution in [1.82, 2.24) is 0 Å². The lowest BCUT2D eigenvalue weighted by Gasteiger charge is -2.13. The summed E-state index contributed by atoms with van der Waals surface area (Å²) in [5.41, 5.74) is 6.55. The zero-order valence-electron chi connectivity index (χ0n) is 14.2. The van der Waals surface area contributed by atoms with Gasteiger partial charge in [-0.05, 0) is 17.5 Å². The van der Waals surface area contributed by atoms with E-state index in [-0.39, 0.29) is 5.84 Å². The normalized spacial score (nSPS) is 10.4. The number of anilines is 1. The topological polar surface area (TPSA) is 135 Å². The number of nitrogens with one attached hydrogen (secondary N) is 2. The predicted octanol–water partition coefficient (Wildman–Crippen LogP) is 2.94. The van der Waals surface area contributed by atoms with Crippen molar-refractivity contribution in [2.75, 3.05) is 19.5 Å². The number of amidine groups is 1. The Bertz CT molecular complexity index is 868. The molecule has 5 N–H and O–H groups in total. The molecule has 0 spiro atoms. The number of fused-ring (bicyclic) bond motifs is 1. The van der Waals surface area contributed by atoms with Crippen LogP contribution >= 0.6 is 0 Å². The van der Waals surface area contributed by atoms with E-state index in [1.807, 2.05) is 12.1 Å². The van der Waals surface area contributed by atoms with E-state index in [1.165, 1.54) is 14.2 Å².